The number of imide groups is 1. The van der Waals surface area contributed by atoms with Crippen LogP contribution in [-0.2, 0) is 25.7 Å². The van der Waals surface area contributed by atoms with Gasteiger partial charge < -0.3 is 10.2 Å². The minimum Gasteiger partial charge on any atom is -0.357 e. The summed E-state index contributed by atoms with van der Waals surface area (Å²) in [5.41, 5.74) is 0.323. The maximum Gasteiger partial charge on any atom is 0.287 e. The lowest BCUT2D eigenvalue weighted by atomic mass is 10.0. The monoisotopic (exact) mass is 514 g/mol. The van der Waals surface area contributed by atoms with Crippen molar-refractivity contribution in [3.8, 4) is 0 Å². The maximum absolute atomic E-state index is 14.1. The van der Waals surface area contributed by atoms with E-state index in [1.807, 2.05) is 0 Å². The zero-order valence-electron chi connectivity index (χ0n) is 19.5. The van der Waals surface area contributed by atoms with E-state index in [0.717, 1.165) is 12.1 Å². The molecule has 1 saturated heterocycles. The summed E-state index contributed by atoms with van der Waals surface area (Å²) in [6.45, 7) is 3.05. The molecule has 2 unspecified atom stereocenters. The normalized spacial score (nSPS) is 17.7. The lowest BCUT2D eigenvalue weighted by Gasteiger charge is -2.31. The highest BCUT2D eigenvalue weighted by molar-refractivity contribution is 6.10. The predicted molar refractivity (Wildman–Crippen MR) is 123 cm³/mol. The number of amides is 5. The number of nitrogens with zero attached hydrogens (tertiary/aromatic N) is 2. The summed E-state index contributed by atoms with van der Waals surface area (Å²) in [6.07, 6.45) is 0.198. The Kier molecular flexibility index (Phi) is 6.84. The molecule has 0 radical (unpaired) electrons. The lowest BCUT2D eigenvalue weighted by molar-refractivity contribution is -0.137. The van der Waals surface area contributed by atoms with E-state index in [2.05, 4.69) is 17.2 Å². The van der Waals surface area contributed by atoms with Crippen LogP contribution < -0.4 is 15.5 Å². The van der Waals surface area contributed by atoms with Crippen LogP contribution in [0.2, 0.25) is 0 Å². The summed E-state index contributed by atoms with van der Waals surface area (Å²) in [4.78, 5) is 64.7. The van der Waals surface area contributed by atoms with Gasteiger partial charge in [0.1, 0.15) is 12.1 Å². The summed E-state index contributed by atoms with van der Waals surface area (Å²) in [6, 6.07) is 4.09. The largest absolute Gasteiger partial charge is 0.357 e. The molecule has 2 N–H and O–H groups in total. The SMILES string of the molecule is C=C(F)C(=O)N(c1ccc2c(c1)C(=O)N(C1CCC(=O)NC1=O)C2)C(C(=O)NC)c1ccc(F)c(F)c1. The number of hydrogen-bond acceptors (Lipinski definition) is 5. The van der Waals surface area contributed by atoms with Gasteiger partial charge in [0.05, 0.1) is 0 Å². The number of piperidine rings is 1. The molecule has 37 heavy (non-hydrogen) atoms. The van der Waals surface area contributed by atoms with Crippen LogP contribution in [0.15, 0.2) is 48.8 Å². The third kappa shape index (κ3) is 4.69. The minimum atomic E-state index is -1.65. The van der Waals surface area contributed by atoms with Crippen LogP contribution in [0, 0.1) is 11.6 Å². The molecule has 192 valence electrons. The summed E-state index contributed by atoms with van der Waals surface area (Å²) in [7, 11) is 1.24. The Morgan fingerprint density at radius 2 is 1.86 bits per heavy atom. The molecule has 2 aliphatic rings. The van der Waals surface area contributed by atoms with Crippen molar-refractivity contribution in [3.05, 3.63) is 77.1 Å². The molecule has 2 aromatic rings. The summed E-state index contributed by atoms with van der Waals surface area (Å²) < 4.78 is 41.8. The fourth-order valence-electron chi connectivity index (χ4n) is 4.44. The number of fused-ring (bicyclic) bond motifs is 1. The van der Waals surface area contributed by atoms with E-state index in [0.29, 0.717) is 16.5 Å². The van der Waals surface area contributed by atoms with Gasteiger partial charge in [-0.1, -0.05) is 18.7 Å². The van der Waals surface area contributed by atoms with Gasteiger partial charge in [0.25, 0.3) is 11.8 Å². The summed E-state index contributed by atoms with van der Waals surface area (Å²) in [5, 5.41) is 4.51. The van der Waals surface area contributed by atoms with Crippen LogP contribution in [0.4, 0.5) is 18.9 Å². The van der Waals surface area contributed by atoms with E-state index in [1.54, 1.807) is 0 Å². The van der Waals surface area contributed by atoms with Crippen molar-refractivity contribution in [2.45, 2.75) is 31.5 Å². The number of anilines is 1. The highest BCUT2D eigenvalue weighted by atomic mass is 19.2. The van der Waals surface area contributed by atoms with E-state index < -0.39 is 59.1 Å². The molecule has 2 atom stereocenters. The molecule has 0 aromatic heterocycles. The smallest absolute Gasteiger partial charge is 0.287 e. The molecule has 12 heteroatoms. The van der Waals surface area contributed by atoms with Crippen LogP contribution in [0.5, 0.6) is 0 Å². The fraction of sp³-hybridized carbons (Fsp3) is 0.240. The van der Waals surface area contributed by atoms with Crippen LogP contribution >= 0.6 is 0 Å². The van der Waals surface area contributed by atoms with Gasteiger partial charge in [-0.25, -0.2) is 13.2 Å². The van der Waals surface area contributed by atoms with Gasteiger partial charge in [-0.05, 0) is 41.8 Å². The van der Waals surface area contributed by atoms with Gasteiger partial charge in [0, 0.05) is 31.3 Å². The summed E-state index contributed by atoms with van der Waals surface area (Å²) in [5.74, 6) is -7.73. The number of benzene rings is 2. The average molecular weight is 514 g/mol. The molecule has 2 heterocycles. The number of nitrogens with one attached hydrogen (secondary N) is 2. The van der Waals surface area contributed by atoms with E-state index >= 15 is 0 Å². The van der Waals surface area contributed by atoms with Gasteiger partial charge in [-0.2, -0.15) is 0 Å². The first-order valence-electron chi connectivity index (χ1n) is 11.2. The zero-order valence-corrected chi connectivity index (χ0v) is 19.5. The third-order valence-electron chi connectivity index (χ3n) is 6.25. The Labute approximate surface area is 208 Å². The molecule has 5 amide bonds. The topological polar surface area (TPSA) is 116 Å². The Morgan fingerprint density at radius 1 is 1.14 bits per heavy atom. The standard InChI is InChI=1S/C25H21F3N4O5/c1-12(26)24(36)32(21(23(35)29-2)13-4-6-17(27)18(28)9-13)15-5-3-14-11-31(25(37)16(14)10-15)19-7-8-20(33)30-22(19)34/h3-6,9-10,19,21H,1,7-8,11H2,2H3,(H,29,35)(H,30,33,34). The molecule has 2 aliphatic heterocycles. The van der Waals surface area contributed by atoms with E-state index in [1.165, 1.54) is 30.1 Å². The second-order valence-electron chi connectivity index (χ2n) is 8.51. The Hall–Kier alpha value is -4.48. The Morgan fingerprint density at radius 3 is 2.49 bits per heavy atom. The highest BCUT2D eigenvalue weighted by Crippen LogP contribution is 2.35. The molecule has 1 fully saturated rings. The van der Waals surface area contributed by atoms with E-state index in [9.17, 15) is 37.1 Å². The van der Waals surface area contributed by atoms with Crippen molar-refractivity contribution in [2.24, 2.45) is 0 Å². The van der Waals surface area contributed by atoms with Crippen molar-refractivity contribution in [1.82, 2.24) is 15.5 Å². The second-order valence-corrected chi connectivity index (χ2v) is 8.51. The first-order valence-corrected chi connectivity index (χ1v) is 11.2. The molecule has 0 saturated carbocycles. The highest BCUT2D eigenvalue weighted by Gasteiger charge is 2.40. The minimum absolute atomic E-state index is 0.0482. The summed E-state index contributed by atoms with van der Waals surface area (Å²) >= 11 is 0. The second kappa shape index (κ2) is 9.88. The number of carbonyl (C=O) groups excluding carboxylic acids is 5. The maximum atomic E-state index is 14.1. The zero-order chi connectivity index (χ0) is 27.0. The molecular weight excluding hydrogens is 493 g/mol. The first-order chi connectivity index (χ1) is 17.5. The van der Waals surface area contributed by atoms with Crippen molar-refractivity contribution >= 4 is 35.2 Å². The number of hydrogen-bond donors (Lipinski definition) is 2. The number of carbonyl (C=O) groups is 5. The number of rotatable bonds is 6. The van der Waals surface area contributed by atoms with E-state index in [-0.39, 0.29) is 36.2 Å². The van der Waals surface area contributed by atoms with Gasteiger partial charge in [0.15, 0.2) is 17.5 Å². The van der Waals surface area contributed by atoms with Crippen molar-refractivity contribution < 1.29 is 37.1 Å². The van der Waals surface area contributed by atoms with Gasteiger partial charge in [-0.15, -0.1) is 0 Å². The van der Waals surface area contributed by atoms with Gasteiger partial charge in [-0.3, -0.25) is 34.2 Å². The molecule has 4 rings (SSSR count). The van der Waals surface area contributed by atoms with E-state index in [4.69, 9.17) is 0 Å². The van der Waals surface area contributed by atoms with Crippen LogP contribution in [0.1, 0.15) is 40.4 Å². The number of halogens is 3. The average Bonchev–Trinajstić information content (AvgIpc) is 3.18. The third-order valence-corrected chi connectivity index (χ3v) is 6.25. The first kappa shape index (κ1) is 25.6. The lowest BCUT2D eigenvalue weighted by Crippen LogP contribution is -2.52. The van der Waals surface area contributed by atoms with Crippen molar-refractivity contribution in [3.63, 3.8) is 0 Å². The predicted octanol–water partition coefficient (Wildman–Crippen LogP) is 2.03. The molecule has 0 bridgehead atoms. The Bertz CT molecular complexity index is 1360. The molecule has 2 aromatic carbocycles. The molecular formula is C25H21F3N4O5. The molecule has 0 spiro atoms. The fourth-order valence-corrected chi connectivity index (χ4v) is 4.44. The molecule has 0 aliphatic carbocycles. The van der Waals surface area contributed by atoms with Crippen LogP contribution in [-0.4, -0.2) is 47.5 Å². The molecule has 9 nitrogen and oxygen atoms in total. The Balaban J connectivity index is 1.77. The number of likely N-dealkylation sites (N-methyl/N-ethyl adjacent to an activating group) is 1. The quantitative estimate of drug-likeness (QED) is 0.452. The van der Waals surface area contributed by atoms with Crippen molar-refractivity contribution in [2.75, 3.05) is 11.9 Å². The van der Waals surface area contributed by atoms with Gasteiger partial charge >= 0.3 is 0 Å². The van der Waals surface area contributed by atoms with Crippen molar-refractivity contribution in [1.29, 1.82) is 0 Å². The van der Waals surface area contributed by atoms with Crippen LogP contribution in [0.25, 0.3) is 0 Å². The van der Waals surface area contributed by atoms with Gasteiger partial charge in [0.2, 0.25) is 17.7 Å². The van der Waals surface area contributed by atoms with Crippen LogP contribution in [0.3, 0.4) is 0 Å².